The molecule has 0 aliphatic heterocycles. The van der Waals surface area contributed by atoms with Gasteiger partial charge in [-0.1, -0.05) is 207 Å². The summed E-state index contributed by atoms with van der Waals surface area (Å²) < 4.78 is 17.2. The molecule has 0 N–H and O–H groups in total. The van der Waals surface area contributed by atoms with Gasteiger partial charge in [-0.2, -0.15) is 0 Å². The summed E-state index contributed by atoms with van der Waals surface area (Å²) in [6.07, 6.45) is 41.0. The van der Waals surface area contributed by atoms with Crippen molar-refractivity contribution in [3.8, 4) is 0 Å². The first-order chi connectivity index (χ1) is 23.6. The molecule has 0 rings (SSSR count). The lowest BCUT2D eigenvalue weighted by Crippen LogP contribution is -2.30. The van der Waals surface area contributed by atoms with Crippen molar-refractivity contribution < 1.29 is 23.8 Å². The fourth-order valence-electron chi connectivity index (χ4n) is 6.39. The molecule has 0 aromatic heterocycles. The molecule has 5 heteroatoms. The number of hydrogen-bond acceptors (Lipinski definition) is 5. The van der Waals surface area contributed by atoms with Crippen LogP contribution in [0.25, 0.3) is 0 Å². The molecule has 5 nitrogen and oxygen atoms in total. The topological polar surface area (TPSA) is 61.8 Å². The first-order valence-electron chi connectivity index (χ1n) is 21.6. The molecule has 0 aliphatic carbocycles. The summed E-state index contributed by atoms with van der Waals surface area (Å²) in [6.45, 7) is 7.83. The van der Waals surface area contributed by atoms with E-state index in [1.54, 1.807) is 0 Å². The van der Waals surface area contributed by atoms with Gasteiger partial charge < -0.3 is 14.2 Å². The third kappa shape index (κ3) is 37.7. The summed E-state index contributed by atoms with van der Waals surface area (Å²) in [5.74, 6) is -0.387. The van der Waals surface area contributed by atoms with Gasteiger partial charge in [-0.25, -0.2) is 0 Å². The minimum absolute atomic E-state index is 0.0957. The zero-order valence-corrected chi connectivity index (χ0v) is 32.8. The van der Waals surface area contributed by atoms with Crippen LogP contribution in [-0.4, -0.2) is 37.9 Å². The van der Waals surface area contributed by atoms with Gasteiger partial charge in [0.15, 0.2) is 6.10 Å². The lowest BCUT2D eigenvalue weighted by molar-refractivity contribution is -0.163. The van der Waals surface area contributed by atoms with E-state index in [-0.39, 0.29) is 18.5 Å². The molecule has 1 unspecified atom stereocenters. The molecule has 0 radical (unpaired) electrons. The van der Waals surface area contributed by atoms with Crippen LogP contribution in [0.5, 0.6) is 0 Å². The van der Waals surface area contributed by atoms with E-state index in [2.05, 4.69) is 20.8 Å². The van der Waals surface area contributed by atoms with Crippen LogP contribution in [0.3, 0.4) is 0 Å². The lowest BCUT2D eigenvalue weighted by Gasteiger charge is -2.18. The third-order valence-electron chi connectivity index (χ3n) is 9.64. The number of carbonyl (C=O) groups is 2. The van der Waals surface area contributed by atoms with E-state index in [9.17, 15) is 9.59 Å². The molecule has 0 aromatic carbocycles. The number of esters is 2. The minimum atomic E-state index is -0.519. The van der Waals surface area contributed by atoms with Crippen molar-refractivity contribution in [1.82, 2.24) is 0 Å². The summed E-state index contributed by atoms with van der Waals surface area (Å²) in [4.78, 5) is 25.0. The highest BCUT2D eigenvalue weighted by molar-refractivity contribution is 5.70. The number of unbranched alkanes of at least 4 members (excludes halogenated alkanes) is 29. The van der Waals surface area contributed by atoms with E-state index < -0.39 is 6.10 Å². The van der Waals surface area contributed by atoms with Crippen LogP contribution < -0.4 is 0 Å². The molecular formula is C43H84O5. The van der Waals surface area contributed by atoms with Gasteiger partial charge in [0, 0.05) is 19.4 Å². The van der Waals surface area contributed by atoms with Crippen LogP contribution in [-0.2, 0) is 23.8 Å². The van der Waals surface area contributed by atoms with Gasteiger partial charge >= 0.3 is 11.9 Å². The first-order valence-corrected chi connectivity index (χ1v) is 21.6. The van der Waals surface area contributed by atoms with Crippen molar-refractivity contribution in [2.24, 2.45) is 0 Å². The maximum absolute atomic E-state index is 12.6. The Labute approximate surface area is 300 Å². The van der Waals surface area contributed by atoms with Crippen LogP contribution in [0.1, 0.15) is 239 Å². The highest BCUT2D eigenvalue weighted by atomic mass is 16.6. The molecule has 1 atom stereocenters. The Morgan fingerprint density at radius 2 is 0.688 bits per heavy atom. The van der Waals surface area contributed by atoms with E-state index in [4.69, 9.17) is 14.2 Å². The summed E-state index contributed by atoms with van der Waals surface area (Å²) in [6, 6.07) is 0. The van der Waals surface area contributed by atoms with Crippen LogP contribution in [0.2, 0.25) is 0 Å². The molecule has 48 heavy (non-hydrogen) atoms. The number of hydrogen-bond donors (Lipinski definition) is 0. The van der Waals surface area contributed by atoms with Crippen LogP contribution in [0.4, 0.5) is 0 Å². The van der Waals surface area contributed by atoms with Crippen LogP contribution in [0, 0.1) is 0 Å². The van der Waals surface area contributed by atoms with Crippen LogP contribution >= 0.6 is 0 Å². The van der Waals surface area contributed by atoms with E-state index in [1.165, 1.54) is 173 Å². The van der Waals surface area contributed by atoms with E-state index in [0.717, 1.165) is 32.1 Å². The quantitative estimate of drug-likeness (QED) is 0.0476. The Morgan fingerprint density at radius 1 is 0.375 bits per heavy atom. The fraction of sp³-hybridized carbons (Fsp3) is 0.953. The molecule has 0 spiro atoms. The summed E-state index contributed by atoms with van der Waals surface area (Å²) >= 11 is 0. The molecule has 286 valence electrons. The molecule has 0 amide bonds. The van der Waals surface area contributed by atoms with Gasteiger partial charge in [0.05, 0.1) is 6.61 Å². The molecular weight excluding hydrogens is 596 g/mol. The fourth-order valence-corrected chi connectivity index (χ4v) is 6.39. The third-order valence-corrected chi connectivity index (χ3v) is 9.64. The van der Waals surface area contributed by atoms with Crippen LogP contribution in [0.15, 0.2) is 0 Å². The maximum Gasteiger partial charge on any atom is 0.306 e. The normalized spacial score (nSPS) is 12.0. The highest BCUT2D eigenvalue weighted by Gasteiger charge is 2.17. The van der Waals surface area contributed by atoms with Crippen molar-refractivity contribution >= 4 is 11.9 Å². The van der Waals surface area contributed by atoms with Crippen molar-refractivity contribution in [1.29, 1.82) is 0 Å². The van der Waals surface area contributed by atoms with Crippen molar-refractivity contribution in [2.45, 2.75) is 245 Å². The molecule has 0 aromatic rings. The average molecular weight is 681 g/mol. The number of rotatable bonds is 40. The average Bonchev–Trinajstić information content (AvgIpc) is 3.08. The molecule has 0 fully saturated rings. The highest BCUT2D eigenvalue weighted by Crippen LogP contribution is 2.15. The molecule has 0 heterocycles. The van der Waals surface area contributed by atoms with Crippen molar-refractivity contribution in [3.63, 3.8) is 0 Å². The summed E-state index contributed by atoms with van der Waals surface area (Å²) in [5.41, 5.74) is 0. The zero-order chi connectivity index (χ0) is 35.0. The molecule has 0 saturated carbocycles. The first kappa shape index (κ1) is 46.9. The largest absolute Gasteiger partial charge is 0.462 e. The maximum atomic E-state index is 12.6. The van der Waals surface area contributed by atoms with Gasteiger partial charge in [-0.15, -0.1) is 0 Å². The van der Waals surface area contributed by atoms with Crippen molar-refractivity contribution in [2.75, 3.05) is 19.8 Å². The Balaban J connectivity index is 4.12. The van der Waals surface area contributed by atoms with E-state index in [0.29, 0.717) is 26.1 Å². The monoisotopic (exact) mass is 681 g/mol. The van der Waals surface area contributed by atoms with E-state index in [1.807, 2.05) is 0 Å². The molecule has 0 saturated heterocycles. The second-order valence-corrected chi connectivity index (χ2v) is 14.6. The Bertz CT molecular complexity index is 651. The Kier molecular flexibility index (Phi) is 39.4. The summed E-state index contributed by atoms with van der Waals surface area (Å²) in [5, 5.41) is 0. The van der Waals surface area contributed by atoms with Gasteiger partial charge in [-0.3, -0.25) is 9.59 Å². The standard InChI is InChI=1S/C43H84O5/c1-4-7-10-13-16-18-20-22-23-25-28-30-33-36-42(44)47-40-41(48-43(45)37-34-31-27-15-12-9-6-3)39-46-38-35-32-29-26-24-21-19-17-14-11-8-5-2/h41H,4-40H2,1-3H3. The number of ether oxygens (including phenoxy) is 3. The SMILES string of the molecule is CCCCCCCCCCCCCCCC(=O)OCC(COCCCCCCCCCCCCCC)OC(=O)CCCCCCCCC. The van der Waals surface area contributed by atoms with Gasteiger partial charge in [-0.05, 0) is 19.3 Å². The van der Waals surface area contributed by atoms with Gasteiger partial charge in [0.1, 0.15) is 6.61 Å². The predicted molar refractivity (Wildman–Crippen MR) is 206 cm³/mol. The summed E-state index contributed by atoms with van der Waals surface area (Å²) in [7, 11) is 0. The second-order valence-electron chi connectivity index (χ2n) is 14.6. The Morgan fingerprint density at radius 3 is 1.06 bits per heavy atom. The van der Waals surface area contributed by atoms with Gasteiger partial charge in [0.2, 0.25) is 0 Å². The van der Waals surface area contributed by atoms with Crippen molar-refractivity contribution in [3.05, 3.63) is 0 Å². The number of carbonyl (C=O) groups excluding carboxylic acids is 2. The Hall–Kier alpha value is -1.10. The predicted octanol–water partition coefficient (Wildman–Crippen LogP) is 13.8. The zero-order valence-electron chi connectivity index (χ0n) is 32.8. The van der Waals surface area contributed by atoms with Gasteiger partial charge in [0.25, 0.3) is 0 Å². The lowest BCUT2D eigenvalue weighted by atomic mass is 10.0. The molecule has 0 aliphatic rings. The van der Waals surface area contributed by atoms with E-state index >= 15 is 0 Å². The smallest absolute Gasteiger partial charge is 0.306 e. The minimum Gasteiger partial charge on any atom is -0.462 e. The second kappa shape index (κ2) is 40.3. The molecule has 0 bridgehead atoms.